The van der Waals surface area contributed by atoms with Crippen LogP contribution < -0.4 is 0 Å². The molecule has 0 bridgehead atoms. The van der Waals surface area contributed by atoms with Gasteiger partial charge in [-0.25, -0.2) is 0 Å². The number of carbonyl (C=O) groups excluding carboxylic acids is 1. The maximum Gasteiger partial charge on any atom is 0.264 e. The standard InChI is InChI=1S/C15H19NO4S/c1-10-7-14(21-13(10)5-4-6-17)15(18)16-8-11(19-2)12(9-16)20-3/h7,11-12,17H,6,8-9H2,1-3H3. The number of methoxy groups -OCH3 is 2. The number of amides is 1. The van der Waals surface area contributed by atoms with Gasteiger partial charge >= 0.3 is 0 Å². The topological polar surface area (TPSA) is 59.0 Å². The molecule has 1 amide bonds. The Kier molecular flexibility index (Phi) is 5.37. The Balaban J connectivity index is 2.14. The van der Waals surface area contributed by atoms with Gasteiger partial charge in [0.25, 0.3) is 5.91 Å². The summed E-state index contributed by atoms with van der Waals surface area (Å²) < 4.78 is 10.7. The number of aliphatic hydroxyl groups excluding tert-OH is 1. The lowest BCUT2D eigenvalue weighted by Gasteiger charge is -2.14. The number of hydrogen-bond donors (Lipinski definition) is 1. The smallest absolute Gasteiger partial charge is 0.264 e. The largest absolute Gasteiger partial charge is 0.384 e. The van der Waals surface area contributed by atoms with Crippen molar-refractivity contribution in [2.45, 2.75) is 19.1 Å². The van der Waals surface area contributed by atoms with E-state index >= 15 is 0 Å². The van der Waals surface area contributed by atoms with E-state index in [0.717, 1.165) is 10.4 Å². The zero-order valence-electron chi connectivity index (χ0n) is 12.4. The van der Waals surface area contributed by atoms with E-state index in [1.807, 2.05) is 13.0 Å². The average molecular weight is 309 g/mol. The van der Waals surface area contributed by atoms with Crippen molar-refractivity contribution >= 4 is 17.2 Å². The molecule has 5 nitrogen and oxygen atoms in total. The van der Waals surface area contributed by atoms with E-state index in [0.29, 0.717) is 18.0 Å². The van der Waals surface area contributed by atoms with Crippen LogP contribution in [0.1, 0.15) is 20.1 Å². The van der Waals surface area contributed by atoms with Crippen molar-refractivity contribution in [3.63, 3.8) is 0 Å². The van der Waals surface area contributed by atoms with Gasteiger partial charge in [0.2, 0.25) is 0 Å². The normalized spacial score (nSPS) is 21.2. The van der Waals surface area contributed by atoms with Crippen LogP contribution in [-0.2, 0) is 9.47 Å². The molecule has 2 heterocycles. The maximum atomic E-state index is 12.5. The van der Waals surface area contributed by atoms with Gasteiger partial charge in [-0.2, -0.15) is 0 Å². The van der Waals surface area contributed by atoms with Crippen LogP contribution in [0.15, 0.2) is 6.07 Å². The third-order valence-corrected chi connectivity index (χ3v) is 4.66. The minimum absolute atomic E-state index is 0.0262. The van der Waals surface area contributed by atoms with Crippen molar-refractivity contribution in [1.29, 1.82) is 0 Å². The molecular weight excluding hydrogens is 290 g/mol. The van der Waals surface area contributed by atoms with Gasteiger partial charge in [-0.1, -0.05) is 11.8 Å². The summed E-state index contributed by atoms with van der Waals surface area (Å²) in [5, 5.41) is 8.75. The molecule has 0 aromatic carbocycles. The molecule has 0 spiro atoms. The highest BCUT2D eigenvalue weighted by molar-refractivity contribution is 7.14. The Morgan fingerprint density at radius 1 is 1.43 bits per heavy atom. The summed E-state index contributed by atoms with van der Waals surface area (Å²) in [6.45, 7) is 2.79. The Bertz CT molecular complexity index is 560. The van der Waals surface area contributed by atoms with E-state index in [9.17, 15) is 4.79 Å². The van der Waals surface area contributed by atoms with E-state index in [4.69, 9.17) is 14.6 Å². The Morgan fingerprint density at radius 3 is 2.57 bits per heavy atom. The van der Waals surface area contributed by atoms with Gasteiger partial charge in [-0.05, 0) is 18.6 Å². The first-order valence-corrected chi connectivity index (χ1v) is 7.47. The highest BCUT2D eigenvalue weighted by atomic mass is 32.1. The van der Waals surface area contributed by atoms with Crippen LogP contribution in [0.4, 0.5) is 0 Å². The third kappa shape index (κ3) is 3.44. The van der Waals surface area contributed by atoms with Crippen LogP contribution in [0, 0.1) is 18.8 Å². The molecule has 2 atom stereocenters. The number of ether oxygens (including phenoxy) is 2. The number of carbonyl (C=O) groups is 1. The molecule has 1 aromatic rings. The Hall–Kier alpha value is -1.39. The van der Waals surface area contributed by atoms with Crippen LogP contribution >= 0.6 is 11.3 Å². The SMILES string of the molecule is COC1CN(C(=O)c2cc(C)c(C#CCO)s2)CC1OC. The second kappa shape index (κ2) is 7.05. The Labute approximate surface area is 128 Å². The molecule has 1 fully saturated rings. The summed E-state index contributed by atoms with van der Waals surface area (Å²) in [6.07, 6.45) is -0.178. The fourth-order valence-corrected chi connectivity index (χ4v) is 3.36. The van der Waals surface area contributed by atoms with Gasteiger partial charge in [0.05, 0.1) is 9.75 Å². The summed E-state index contributed by atoms with van der Waals surface area (Å²) in [6, 6.07) is 1.84. The van der Waals surface area contributed by atoms with Gasteiger partial charge in [0.1, 0.15) is 18.8 Å². The van der Waals surface area contributed by atoms with E-state index in [-0.39, 0.29) is 24.7 Å². The number of hydrogen-bond acceptors (Lipinski definition) is 5. The van der Waals surface area contributed by atoms with Gasteiger partial charge in [-0.3, -0.25) is 4.79 Å². The fourth-order valence-electron chi connectivity index (χ4n) is 2.35. The molecule has 0 aliphatic carbocycles. The molecular formula is C15H19NO4S. The highest BCUT2D eigenvalue weighted by Gasteiger charge is 2.36. The molecule has 21 heavy (non-hydrogen) atoms. The molecule has 1 N–H and O–H groups in total. The number of nitrogens with zero attached hydrogens (tertiary/aromatic N) is 1. The molecule has 1 aliphatic heterocycles. The molecule has 1 saturated heterocycles. The molecule has 114 valence electrons. The predicted molar refractivity (Wildman–Crippen MR) is 80.5 cm³/mol. The monoisotopic (exact) mass is 309 g/mol. The molecule has 1 aliphatic rings. The number of rotatable bonds is 3. The zero-order chi connectivity index (χ0) is 15.4. The highest BCUT2D eigenvalue weighted by Crippen LogP contribution is 2.25. The molecule has 1 aromatic heterocycles. The zero-order valence-corrected chi connectivity index (χ0v) is 13.2. The van der Waals surface area contributed by atoms with Crippen LogP contribution in [0.2, 0.25) is 0 Å². The van der Waals surface area contributed by atoms with E-state index in [2.05, 4.69) is 11.8 Å². The molecule has 0 saturated carbocycles. The summed E-state index contributed by atoms with van der Waals surface area (Å²) in [7, 11) is 3.26. The van der Waals surface area contributed by atoms with Crippen LogP contribution in [-0.4, -0.2) is 62.0 Å². The summed E-state index contributed by atoms with van der Waals surface area (Å²) in [5.41, 5.74) is 0.954. The first kappa shape index (κ1) is 16.0. The van der Waals surface area contributed by atoms with Crippen LogP contribution in [0.25, 0.3) is 0 Å². The first-order chi connectivity index (χ1) is 10.1. The number of aliphatic hydroxyl groups is 1. The van der Waals surface area contributed by atoms with E-state index < -0.39 is 0 Å². The van der Waals surface area contributed by atoms with Crippen molar-refractivity contribution in [1.82, 2.24) is 4.90 Å². The van der Waals surface area contributed by atoms with Crippen LogP contribution in [0.3, 0.4) is 0 Å². The van der Waals surface area contributed by atoms with Crippen molar-refractivity contribution in [2.24, 2.45) is 0 Å². The van der Waals surface area contributed by atoms with Crippen molar-refractivity contribution < 1.29 is 19.4 Å². The number of likely N-dealkylation sites (tertiary alicyclic amines) is 1. The van der Waals surface area contributed by atoms with Crippen molar-refractivity contribution in [3.8, 4) is 11.8 Å². The maximum absolute atomic E-state index is 12.5. The van der Waals surface area contributed by atoms with E-state index in [1.165, 1.54) is 11.3 Å². The summed E-state index contributed by atoms with van der Waals surface area (Å²) >= 11 is 1.35. The molecule has 2 unspecified atom stereocenters. The lowest BCUT2D eigenvalue weighted by atomic mass is 10.2. The van der Waals surface area contributed by atoms with Gasteiger partial charge in [-0.15, -0.1) is 11.3 Å². The predicted octanol–water partition coefficient (Wildman–Crippen LogP) is 0.886. The van der Waals surface area contributed by atoms with Crippen LogP contribution in [0.5, 0.6) is 0 Å². The lowest BCUT2D eigenvalue weighted by Crippen LogP contribution is -2.29. The minimum atomic E-state index is -0.183. The molecule has 2 rings (SSSR count). The Morgan fingerprint density at radius 2 is 2.05 bits per heavy atom. The first-order valence-electron chi connectivity index (χ1n) is 6.65. The lowest BCUT2D eigenvalue weighted by molar-refractivity contribution is -0.00461. The average Bonchev–Trinajstić information content (AvgIpc) is 3.07. The fraction of sp³-hybridized carbons (Fsp3) is 0.533. The summed E-state index contributed by atoms with van der Waals surface area (Å²) in [5.74, 6) is 5.45. The van der Waals surface area contributed by atoms with Gasteiger partial charge < -0.3 is 19.5 Å². The van der Waals surface area contributed by atoms with Gasteiger partial charge in [0.15, 0.2) is 0 Å². The molecule has 6 heteroatoms. The van der Waals surface area contributed by atoms with Crippen molar-refractivity contribution in [3.05, 3.63) is 21.4 Å². The molecule has 0 radical (unpaired) electrons. The second-order valence-electron chi connectivity index (χ2n) is 4.84. The summed E-state index contributed by atoms with van der Waals surface area (Å²) in [4.78, 5) is 15.8. The number of aryl methyl sites for hydroxylation is 1. The van der Waals surface area contributed by atoms with Gasteiger partial charge in [0, 0.05) is 27.3 Å². The third-order valence-electron chi connectivity index (χ3n) is 3.52. The van der Waals surface area contributed by atoms with Crippen molar-refractivity contribution in [2.75, 3.05) is 33.9 Å². The second-order valence-corrected chi connectivity index (χ2v) is 5.89. The number of thiophene rings is 1. The quantitative estimate of drug-likeness (QED) is 0.842. The minimum Gasteiger partial charge on any atom is -0.384 e. The van der Waals surface area contributed by atoms with E-state index in [1.54, 1.807) is 19.1 Å².